The summed E-state index contributed by atoms with van der Waals surface area (Å²) >= 11 is 0. The number of methoxy groups -OCH3 is 1. The zero-order valence-corrected chi connectivity index (χ0v) is 12.4. The molecule has 0 aliphatic carbocycles. The van der Waals surface area contributed by atoms with Crippen molar-refractivity contribution in [3.05, 3.63) is 35.4 Å². The number of aliphatic hydroxyl groups is 1. The molecule has 0 amide bonds. The third-order valence-electron chi connectivity index (χ3n) is 3.79. The molecule has 122 valence electrons. The van der Waals surface area contributed by atoms with Gasteiger partial charge in [0.05, 0.1) is 12.7 Å². The van der Waals surface area contributed by atoms with Gasteiger partial charge in [-0.15, -0.1) is 0 Å². The third-order valence-corrected chi connectivity index (χ3v) is 3.79. The number of carbonyl (C=O) groups is 1. The van der Waals surface area contributed by atoms with Crippen LogP contribution in [-0.4, -0.2) is 61.8 Å². The summed E-state index contributed by atoms with van der Waals surface area (Å²) in [5, 5.41) is 12.2. The summed E-state index contributed by atoms with van der Waals surface area (Å²) in [6.45, 7) is 0.708. The van der Waals surface area contributed by atoms with Crippen LogP contribution in [0.1, 0.15) is 22.0 Å². The Hall–Kier alpha value is -1.57. The lowest BCUT2D eigenvalue weighted by atomic mass is 9.93. The number of carbonyl (C=O) groups excluding carboxylic acids is 1. The quantitative estimate of drug-likeness (QED) is 0.796. The first kappa shape index (κ1) is 16.8. The normalized spacial score (nSPS) is 18.0. The van der Waals surface area contributed by atoms with Crippen LogP contribution in [0.25, 0.3) is 0 Å². The molecule has 22 heavy (non-hydrogen) atoms. The van der Waals surface area contributed by atoms with Gasteiger partial charge in [0.25, 0.3) is 5.92 Å². The zero-order valence-electron chi connectivity index (χ0n) is 12.4. The number of alkyl halides is 2. The maximum atomic E-state index is 14.4. The summed E-state index contributed by atoms with van der Waals surface area (Å²) in [6, 6.07) is 4.79. The first-order valence-corrected chi connectivity index (χ1v) is 7.12. The molecule has 0 unspecified atom stereocenters. The number of hydrogen-bond donors (Lipinski definition) is 2. The Morgan fingerprint density at radius 1 is 1.41 bits per heavy atom. The molecule has 7 heteroatoms. The standard InChI is InChI=1S/C15H20F2N2O3/c1-22-14(21)12-5-3-2-4-11(12)13(15(16,17)10-20)19-8-6-18-7-9-19/h2-5,13,18,20H,6-10H2,1H3/t13-/m0/s1. The Kier molecular flexibility index (Phi) is 5.44. The van der Waals surface area contributed by atoms with Gasteiger partial charge in [-0.1, -0.05) is 18.2 Å². The molecular weight excluding hydrogens is 294 g/mol. The van der Waals surface area contributed by atoms with Gasteiger partial charge >= 0.3 is 5.97 Å². The van der Waals surface area contributed by atoms with Gasteiger partial charge in [-0.3, -0.25) is 4.90 Å². The maximum Gasteiger partial charge on any atom is 0.338 e. The second kappa shape index (κ2) is 7.13. The van der Waals surface area contributed by atoms with Crippen LogP contribution in [0.2, 0.25) is 0 Å². The highest BCUT2D eigenvalue weighted by molar-refractivity contribution is 5.91. The number of nitrogens with one attached hydrogen (secondary N) is 1. The topological polar surface area (TPSA) is 61.8 Å². The Morgan fingerprint density at radius 3 is 2.64 bits per heavy atom. The summed E-state index contributed by atoms with van der Waals surface area (Å²) in [5.74, 6) is -4.02. The zero-order chi connectivity index (χ0) is 16.2. The molecule has 2 rings (SSSR count). The Morgan fingerprint density at radius 2 is 2.05 bits per heavy atom. The molecule has 0 radical (unpaired) electrons. The second-order valence-corrected chi connectivity index (χ2v) is 5.19. The van der Waals surface area contributed by atoms with Gasteiger partial charge in [-0.2, -0.15) is 0 Å². The van der Waals surface area contributed by atoms with Gasteiger partial charge < -0.3 is 15.2 Å². The molecule has 1 saturated heterocycles. The lowest BCUT2D eigenvalue weighted by Gasteiger charge is -2.39. The van der Waals surface area contributed by atoms with E-state index in [-0.39, 0.29) is 11.1 Å². The highest BCUT2D eigenvalue weighted by Crippen LogP contribution is 2.38. The van der Waals surface area contributed by atoms with E-state index in [9.17, 15) is 13.6 Å². The fourth-order valence-corrected chi connectivity index (χ4v) is 2.75. The van der Waals surface area contributed by atoms with E-state index in [1.54, 1.807) is 17.0 Å². The molecule has 0 aromatic heterocycles. The lowest BCUT2D eigenvalue weighted by Crippen LogP contribution is -2.51. The van der Waals surface area contributed by atoms with Crippen molar-refractivity contribution in [2.75, 3.05) is 39.9 Å². The van der Waals surface area contributed by atoms with E-state index in [1.807, 2.05) is 0 Å². The predicted molar refractivity (Wildman–Crippen MR) is 77.0 cm³/mol. The highest BCUT2D eigenvalue weighted by Gasteiger charge is 2.45. The van der Waals surface area contributed by atoms with E-state index < -0.39 is 24.5 Å². The fraction of sp³-hybridized carbons (Fsp3) is 0.533. The number of rotatable bonds is 5. The smallest absolute Gasteiger partial charge is 0.338 e. The number of nitrogens with zero attached hydrogens (tertiary/aromatic N) is 1. The number of hydrogen-bond acceptors (Lipinski definition) is 5. The number of ether oxygens (including phenoxy) is 1. The van der Waals surface area contributed by atoms with Crippen LogP contribution in [0.5, 0.6) is 0 Å². The van der Waals surface area contributed by atoms with Crippen molar-refractivity contribution in [2.24, 2.45) is 0 Å². The Bertz CT molecular complexity index is 519. The minimum Gasteiger partial charge on any atom is -0.465 e. The van der Waals surface area contributed by atoms with Crippen molar-refractivity contribution in [1.82, 2.24) is 10.2 Å². The van der Waals surface area contributed by atoms with E-state index in [0.717, 1.165) is 0 Å². The van der Waals surface area contributed by atoms with Gasteiger partial charge in [0.1, 0.15) is 12.6 Å². The third kappa shape index (κ3) is 3.43. The molecule has 1 aliphatic rings. The molecular formula is C15H20F2N2O3. The van der Waals surface area contributed by atoms with E-state index in [4.69, 9.17) is 5.11 Å². The van der Waals surface area contributed by atoms with Crippen molar-refractivity contribution in [3.8, 4) is 0 Å². The molecule has 1 fully saturated rings. The summed E-state index contributed by atoms with van der Waals surface area (Å²) < 4.78 is 33.4. The van der Waals surface area contributed by atoms with Crippen molar-refractivity contribution >= 4 is 5.97 Å². The first-order chi connectivity index (χ1) is 10.5. The van der Waals surface area contributed by atoms with Crippen molar-refractivity contribution in [3.63, 3.8) is 0 Å². The molecule has 2 N–H and O–H groups in total. The largest absolute Gasteiger partial charge is 0.465 e. The van der Waals surface area contributed by atoms with Crippen molar-refractivity contribution in [1.29, 1.82) is 0 Å². The van der Waals surface area contributed by atoms with Gasteiger partial charge in [0.15, 0.2) is 0 Å². The van der Waals surface area contributed by atoms with Crippen LogP contribution in [0.15, 0.2) is 24.3 Å². The molecule has 0 saturated carbocycles. The number of halogens is 2. The van der Waals surface area contributed by atoms with Crippen LogP contribution in [0.3, 0.4) is 0 Å². The van der Waals surface area contributed by atoms with Crippen LogP contribution >= 0.6 is 0 Å². The highest BCUT2D eigenvalue weighted by atomic mass is 19.3. The van der Waals surface area contributed by atoms with Crippen molar-refractivity contribution in [2.45, 2.75) is 12.0 Å². The monoisotopic (exact) mass is 314 g/mol. The first-order valence-electron chi connectivity index (χ1n) is 7.12. The molecule has 5 nitrogen and oxygen atoms in total. The van der Waals surface area contributed by atoms with Gasteiger partial charge in [0, 0.05) is 26.2 Å². The van der Waals surface area contributed by atoms with E-state index in [0.29, 0.717) is 26.2 Å². The second-order valence-electron chi connectivity index (χ2n) is 5.19. The molecule has 0 spiro atoms. The minimum absolute atomic E-state index is 0.0988. The molecule has 1 aliphatic heterocycles. The average Bonchev–Trinajstić information content (AvgIpc) is 2.55. The molecule has 1 aromatic rings. The van der Waals surface area contributed by atoms with Crippen LogP contribution in [-0.2, 0) is 4.74 Å². The van der Waals surface area contributed by atoms with Crippen molar-refractivity contribution < 1.29 is 23.4 Å². The summed E-state index contributed by atoms with van der Waals surface area (Å²) in [6.07, 6.45) is 0. The molecule has 1 atom stereocenters. The number of piperazine rings is 1. The van der Waals surface area contributed by atoms with E-state index >= 15 is 0 Å². The van der Waals surface area contributed by atoms with Gasteiger partial charge in [0.2, 0.25) is 0 Å². The van der Waals surface area contributed by atoms with Gasteiger partial charge in [-0.05, 0) is 11.6 Å². The lowest BCUT2D eigenvalue weighted by molar-refractivity contribution is -0.118. The SMILES string of the molecule is COC(=O)c1ccccc1[C@H](N1CCNCC1)C(F)(F)CO. The summed E-state index contributed by atoms with van der Waals surface area (Å²) in [4.78, 5) is 13.5. The Labute approximate surface area is 127 Å². The number of benzene rings is 1. The van der Waals surface area contributed by atoms with Crippen LogP contribution < -0.4 is 5.32 Å². The number of esters is 1. The maximum absolute atomic E-state index is 14.4. The Balaban J connectivity index is 2.47. The summed E-state index contributed by atoms with van der Waals surface area (Å²) in [5.41, 5.74) is 0.275. The number of aliphatic hydroxyl groups excluding tert-OH is 1. The average molecular weight is 314 g/mol. The summed E-state index contributed by atoms with van der Waals surface area (Å²) in [7, 11) is 1.21. The van der Waals surface area contributed by atoms with E-state index in [1.165, 1.54) is 19.2 Å². The molecule has 0 bridgehead atoms. The fourth-order valence-electron chi connectivity index (χ4n) is 2.75. The van der Waals surface area contributed by atoms with E-state index in [2.05, 4.69) is 10.1 Å². The van der Waals surface area contributed by atoms with Gasteiger partial charge in [-0.25, -0.2) is 13.6 Å². The molecule has 1 heterocycles. The molecule has 1 aromatic carbocycles. The van der Waals surface area contributed by atoms with Crippen LogP contribution in [0, 0.1) is 0 Å². The van der Waals surface area contributed by atoms with Crippen LogP contribution in [0.4, 0.5) is 8.78 Å². The predicted octanol–water partition coefficient (Wildman–Crippen LogP) is 1.05. The minimum atomic E-state index is -3.36.